The van der Waals surface area contributed by atoms with Crippen molar-refractivity contribution in [3.63, 3.8) is 0 Å². The minimum Gasteiger partial charge on any atom is -0.382 e. The Morgan fingerprint density at radius 1 is 1.21 bits per heavy atom. The number of likely N-dealkylation sites (tertiary alicyclic amines) is 1. The fourth-order valence-electron chi connectivity index (χ4n) is 4.94. The highest BCUT2D eigenvalue weighted by molar-refractivity contribution is 7.86. The van der Waals surface area contributed by atoms with Gasteiger partial charge in [-0.05, 0) is 31.9 Å². The Bertz CT molecular complexity index is 1650. The van der Waals surface area contributed by atoms with Crippen LogP contribution in [0, 0.1) is 17.0 Å². The average Bonchev–Trinajstić information content (AvgIpc) is 3.49. The fraction of sp³-hybridized carbons (Fsp3) is 0.480. The molecule has 3 aromatic rings. The van der Waals surface area contributed by atoms with E-state index in [-0.39, 0.29) is 59.8 Å². The Morgan fingerprint density at radius 2 is 1.88 bits per heavy atom. The third-order valence-corrected chi connectivity index (χ3v) is 8.60. The van der Waals surface area contributed by atoms with Gasteiger partial charge in [-0.1, -0.05) is 0 Å². The smallest absolute Gasteiger partial charge is 0.382 e. The van der Waals surface area contributed by atoms with E-state index >= 15 is 0 Å². The summed E-state index contributed by atoms with van der Waals surface area (Å²) in [4.78, 5) is 30.0. The lowest BCUT2D eigenvalue weighted by atomic mass is 9.97. The fourth-order valence-corrected chi connectivity index (χ4v) is 6.41. The summed E-state index contributed by atoms with van der Waals surface area (Å²) in [5.41, 5.74) is -0.290. The van der Waals surface area contributed by atoms with Gasteiger partial charge in [-0.3, -0.25) is 19.6 Å². The Labute approximate surface area is 247 Å². The maximum absolute atomic E-state index is 13.0. The first kappa shape index (κ1) is 30.8. The van der Waals surface area contributed by atoms with E-state index < -0.39 is 33.2 Å². The number of aromatic nitrogens is 3. The lowest BCUT2D eigenvalue weighted by Crippen LogP contribution is -2.40. The summed E-state index contributed by atoms with van der Waals surface area (Å²) >= 11 is 1.37. The maximum atomic E-state index is 13.0. The van der Waals surface area contributed by atoms with Crippen LogP contribution in [0.1, 0.15) is 58.3 Å². The highest BCUT2D eigenvalue weighted by atomic mass is 32.2. The monoisotopic (exact) mass is 645 g/mol. The molecule has 43 heavy (non-hydrogen) atoms. The lowest BCUT2D eigenvalue weighted by Gasteiger charge is -2.31. The molecule has 1 unspecified atom stereocenters. The number of carbonyl (C=O) groups is 1. The maximum Gasteiger partial charge on any atom is 0.435 e. The second-order valence-electron chi connectivity index (χ2n) is 10.1. The van der Waals surface area contributed by atoms with Crippen LogP contribution < -0.4 is 4.18 Å². The number of fused-ring (bicyclic) bond motifs is 1. The Hall–Kier alpha value is -3.61. The Kier molecular flexibility index (Phi) is 8.47. The highest BCUT2D eigenvalue weighted by Crippen LogP contribution is 2.39. The molecular formula is C25H26F3N5O8S2. The zero-order valence-corrected chi connectivity index (χ0v) is 24.5. The SMILES string of the molecule is Cc1cc(C(F)(F)F)nn1CC(=O)N1CCC(c2nc(C3OCc4c(OS(C)(=O)=O)ccc([N+](=O)[O-])c4CO3)cs2)CC1. The summed E-state index contributed by atoms with van der Waals surface area (Å²) in [7, 11) is -3.91. The molecule has 0 spiro atoms. The summed E-state index contributed by atoms with van der Waals surface area (Å²) in [5.74, 6) is -0.396. The molecule has 1 saturated heterocycles. The van der Waals surface area contributed by atoms with Gasteiger partial charge in [0.1, 0.15) is 18.0 Å². The topological polar surface area (TPSA) is 156 Å². The summed E-state index contributed by atoms with van der Waals surface area (Å²) in [6.07, 6.45) is -3.54. The number of aryl methyl sites for hydroxylation is 1. The second-order valence-corrected chi connectivity index (χ2v) is 12.6. The molecule has 0 bridgehead atoms. The van der Waals surface area contributed by atoms with Crippen molar-refractivity contribution in [1.82, 2.24) is 19.7 Å². The first-order chi connectivity index (χ1) is 20.2. The molecule has 5 rings (SSSR count). The number of nitro groups is 1. The average molecular weight is 646 g/mol. The van der Waals surface area contributed by atoms with E-state index in [1.165, 1.54) is 24.3 Å². The first-order valence-corrected chi connectivity index (χ1v) is 15.7. The van der Waals surface area contributed by atoms with Crippen molar-refractivity contribution in [2.24, 2.45) is 0 Å². The number of hydrogen-bond acceptors (Lipinski definition) is 11. The molecule has 0 aliphatic carbocycles. The van der Waals surface area contributed by atoms with Gasteiger partial charge in [0.25, 0.3) is 5.69 Å². The first-order valence-electron chi connectivity index (χ1n) is 13.0. The van der Waals surface area contributed by atoms with Gasteiger partial charge in [-0.2, -0.15) is 26.7 Å². The van der Waals surface area contributed by atoms with Crippen LogP contribution in [0.4, 0.5) is 18.9 Å². The minimum absolute atomic E-state index is 0.0184. The van der Waals surface area contributed by atoms with E-state index in [1.54, 1.807) is 10.3 Å². The molecule has 2 aliphatic rings. The van der Waals surface area contributed by atoms with Crippen molar-refractivity contribution in [2.75, 3.05) is 19.3 Å². The highest BCUT2D eigenvalue weighted by Gasteiger charge is 2.35. The van der Waals surface area contributed by atoms with Crippen molar-refractivity contribution in [3.8, 4) is 5.75 Å². The molecular weight excluding hydrogens is 619 g/mol. The molecule has 0 saturated carbocycles. The van der Waals surface area contributed by atoms with Gasteiger partial charge in [0, 0.05) is 41.7 Å². The summed E-state index contributed by atoms with van der Waals surface area (Å²) < 4.78 is 80.0. The van der Waals surface area contributed by atoms with Crippen LogP contribution in [0.5, 0.6) is 5.75 Å². The summed E-state index contributed by atoms with van der Waals surface area (Å²) in [6.45, 7) is 1.49. The van der Waals surface area contributed by atoms with Gasteiger partial charge in [-0.25, -0.2) is 4.98 Å². The third kappa shape index (κ3) is 6.97. The number of alkyl halides is 3. The number of carbonyl (C=O) groups excluding carboxylic acids is 1. The second kappa shape index (κ2) is 11.8. The van der Waals surface area contributed by atoms with E-state index in [1.807, 2.05) is 0 Å². The molecule has 1 fully saturated rings. The normalized spacial score (nSPS) is 18.3. The Balaban J connectivity index is 1.22. The number of nitrogens with zero attached hydrogens (tertiary/aromatic N) is 5. The van der Waals surface area contributed by atoms with Gasteiger partial charge < -0.3 is 18.6 Å². The number of hydrogen-bond donors (Lipinski definition) is 0. The van der Waals surface area contributed by atoms with E-state index in [9.17, 15) is 36.5 Å². The molecule has 2 aromatic heterocycles. The van der Waals surface area contributed by atoms with E-state index in [2.05, 4.69) is 10.1 Å². The number of amides is 1. The molecule has 0 radical (unpaired) electrons. The van der Waals surface area contributed by atoms with Crippen LogP contribution in [0.2, 0.25) is 0 Å². The predicted octanol–water partition coefficient (Wildman–Crippen LogP) is 4.07. The van der Waals surface area contributed by atoms with Gasteiger partial charge in [0.2, 0.25) is 12.2 Å². The number of benzene rings is 1. The number of nitro benzene ring substituents is 1. The number of piperidine rings is 1. The number of rotatable bonds is 7. The number of thiazole rings is 1. The molecule has 4 heterocycles. The predicted molar refractivity (Wildman–Crippen MR) is 144 cm³/mol. The van der Waals surface area contributed by atoms with Gasteiger partial charge in [0.15, 0.2) is 5.69 Å². The Morgan fingerprint density at radius 3 is 2.49 bits per heavy atom. The standard InChI is InChI=1S/C25H26F3N5O8S2/c1-14-9-21(25(26,27)28)30-32(14)10-22(34)31-7-5-15(6-8-31)23-29-18(13-42-23)24-39-11-16-17(12-40-24)20(41-43(2,37)38)4-3-19(16)33(35)36/h3-4,9,13,15,24H,5-8,10-12H2,1-2H3. The van der Waals surface area contributed by atoms with Crippen LogP contribution in [0.3, 0.4) is 0 Å². The van der Waals surface area contributed by atoms with Crippen molar-refractivity contribution in [1.29, 1.82) is 0 Å². The van der Waals surface area contributed by atoms with Crippen molar-refractivity contribution >= 4 is 33.0 Å². The van der Waals surface area contributed by atoms with Crippen LogP contribution in [-0.4, -0.2) is 58.3 Å². The van der Waals surface area contributed by atoms with Crippen LogP contribution in [0.15, 0.2) is 23.6 Å². The quantitative estimate of drug-likeness (QED) is 0.209. The summed E-state index contributed by atoms with van der Waals surface area (Å²) in [6, 6.07) is 3.26. The molecule has 2 aliphatic heterocycles. The van der Waals surface area contributed by atoms with Crippen LogP contribution in [0.25, 0.3) is 0 Å². The molecule has 1 amide bonds. The molecule has 13 nitrogen and oxygen atoms in total. The van der Waals surface area contributed by atoms with E-state index in [0.29, 0.717) is 31.6 Å². The van der Waals surface area contributed by atoms with Crippen molar-refractivity contribution in [3.05, 3.63) is 66.9 Å². The van der Waals surface area contributed by atoms with Gasteiger partial charge in [0.05, 0.1) is 35.0 Å². The van der Waals surface area contributed by atoms with Gasteiger partial charge >= 0.3 is 16.3 Å². The molecule has 232 valence electrons. The molecule has 0 N–H and O–H groups in total. The third-order valence-electron chi connectivity index (χ3n) is 7.09. The molecule has 18 heteroatoms. The zero-order chi connectivity index (χ0) is 31.1. The number of ether oxygens (including phenoxy) is 2. The van der Waals surface area contributed by atoms with Crippen LogP contribution >= 0.6 is 11.3 Å². The van der Waals surface area contributed by atoms with E-state index in [0.717, 1.165) is 28.1 Å². The largest absolute Gasteiger partial charge is 0.435 e. The zero-order valence-electron chi connectivity index (χ0n) is 22.9. The van der Waals surface area contributed by atoms with Crippen molar-refractivity contribution in [2.45, 2.75) is 57.9 Å². The minimum atomic E-state index is -4.59. The van der Waals surface area contributed by atoms with Crippen molar-refractivity contribution < 1.29 is 45.0 Å². The lowest BCUT2D eigenvalue weighted by molar-refractivity contribution is -0.386. The van der Waals surface area contributed by atoms with Crippen LogP contribution in [-0.2, 0) is 50.3 Å². The summed E-state index contributed by atoms with van der Waals surface area (Å²) in [5, 5.41) is 17.6. The molecule has 1 atom stereocenters. The number of halogens is 3. The molecule has 1 aromatic carbocycles. The van der Waals surface area contributed by atoms with Gasteiger partial charge in [-0.15, -0.1) is 11.3 Å². The van der Waals surface area contributed by atoms with E-state index in [4.69, 9.17) is 13.7 Å².